The Morgan fingerprint density at radius 1 is 1.32 bits per heavy atom. The van der Waals surface area contributed by atoms with Gasteiger partial charge in [0.25, 0.3) is 0 Å². The molecule has 2 aromatic rings. The van der Waals surface area contributed by atoms with Crippen LogP contribution in [-0.4, -0.2) is 41.8 Å². The summed E-state index contributed by atoms with van der Waals surface area (Å²) in [6.07, 6.45) is 2.35. The maximum absolute atomic E-state index is 13.2. The predicted octanol–water partition coefficient (Wildman–Crippen LogP) is 2.40. The number of aryl methyl sites for hydroxylation is 1. The van der Waals surface area contributed by atoms with Gasteiger partial charge in [0.15, 0.2) is 5.82 Å². The number of carbonyl (C=O) groups excluding carboxylic acids is 2. The molecule has 2 N–H and O–H groups in total. The summed E-state index contributed by atoms with van der Waals surface area (Å²) >= 11 is 0. The molecular formula is C20H25N5O3. The lowest BCUT2D eigenvalue weighted by Gasteiger charge is -2.26. The highest BCUT2D eigenvalue weighted by Gasteiger charge is 2.34. The minimum atomic E-state index is -0.579. The second kappa shape index (κ2) is 7.18. The largest absolute Gasteiger partial charge is 0.495 e. The number of benzene rings is 1. The van der Waals surface area contributed by atoms with Crippen molar-refractivity contribution < 1.29 is 14.3 Å². The molecule has 148 valence electrons. The van der Waals surface area contributed by atoms with Crippen LogP contribution >= 0.6 is 0 Å². The van der Waals surface area contributed by atoms with Crippen molar-refractivity contribution in [2.24, 2.45) is 7.05 Å². The van der Waals surface area contributed by atoms with E-state index in [9.17, 15) is 9.59 Å². The molecule has 1 fully saturated rings. The standard InChI is InChI=1S/C20H25N5O3/c1-12-17(19(23-24(12)2)25-9-4-5-10-25)22-20(27)14-11-16(26)21-18-13(14)7-6-8-15(18)28-3/h6-8,14H,4-5,9-11H2,1-3H3,(H,21,26)(H,22,27). The van der Waals surface area contributed by atoms with E-state index in [1.165, 1.54) is 0 Å². The third-order valence-corrected chi connectivity index (χ3v) is 5.59. The molecule has 2 aliphatic heterocycles. The van der Waals surface area contributed by atoms with Gasteiger partial charge in [0.2, 0.25) is 11.8 Å². The lowest BCUT2D eigenvalue weighted by molar-refractivity contribution is -0.123. The van der Waals surface area contributed by atoms with Gasteiger partial charge in [-0.3, -0.25) is 14.3 Å². The van der Waals surface area contributed by atoms with Gasteiger partial charge in [-0.05, 0) is 31.4 Å². The molecule has 0 saturated carbocycles. The zero-order valence-corrected chi connectivity index (χ0v) is 16.4. The molecule has 1 saturated heterocycles. The van der Waals surface area contributed by atoms with Gasteiger partial charge in [-0.2, -0.15) is 5.10 Å². The van der Waals surface area contributed by atoms with E-state index in [0.29, 0.717) is 11.4 Å². The first-order valence-corrected chi connectivity index (χ1v) is 9.55. The van der Waals surface area contributed by atoms with E-state index in [0.717, 1.165) is 48.7 Å². The Kier molecular flexibility index (Phi) is 4.70. The van der Waals surface area contributed by atoms with Crippen molar-refractivity contribution in [1.82, 2.24) is 9.78 Å². The number of fused-ring (bicyclic) bond motifs is 1. The molecule has 2 aliphatic rings. The van der Waals surface area contributed by atoms with E-state index in [-0.39, 0.29) is 18.2 Å². The third-order valence-electron chi connectivity index (χ3n) is 5.59. The monoisotopic (exact) mass is 383 g/mol. The first-order chi connectivity index (χ1) is 13.5. The van der Waals surface area contributed by atoms with Crippen LogP contribution in [0.2, 0.25) is 0 Å². The van der Waals surface area contributed by atoms with Crippen LogP contribution in [0.4, 0.5) is 17.2 Å². The maximum atomic E-state index is 13.2. The van der Waals surface area contributed by atoms with Crippen LogP contribution < -0.4 is 20.3 Å². The number of methoxy groups -OCH3 is 1. The Morgan fingerprint density at radius 2 is 2.07 bits per heavy atom. The van der Waals surface area contributed by atoms with E-state index in [1.807, 2.05) is 26.1 Å². The summed E-state index contributed by atoms with van der Waals surface area (Å²) in [5.41, 5.74) is 2.95. The second-order valence-electron chi connectivity index (χ2n) is 7.32. The molecule has 28 heavy (non-hydrogen) atoms. The molecule has 1 aromatic heterocycles. The Labute approximate surface area is 163 Å². The minimum Gasteiger partial charge on any atom is -0.495 e. The predicted molar refractivity (Wildman–Crippen MR) is 107 cm³/mol. The molecule has 8 nitrogen and oxygen atoms in total. The number of aromatic nitrogens is 2. The number of para-hydroxylation sites is 1. The summed E-state index contributed by atoms with van der Waals surface area (Å²) < 4.78 is 7.14. The van der Waals surface area contributed by atoms with E-state index >= 15 is 0 Å². The highest BCUT2D eigenvalue weighted by atomic mass is 16.5. The highest BCUT2D eigenvalue weighted by molar-refractivity contribution is 6.07. The Balaban J connectivity index is 1.66. The third kappa shape index (κ3) is 3.08. The van der Waals surface area contributed by atoms with Crippen molar-refractivity contribution in [3.63, 3.8) is 0 Å². The summed E-state index contributed by atoms with van der Waals surface area (Å²) in [5, 5.41) is 10.5. The first kappa shape index (κ1) is 18.3. The number of hydrogen-bond donors (Lipinski definition) is 2. The van der Waals surface area contributed by atoms with Gasteiger partial charge in [0.1, 0.15) is 11.4 Å². The highest BCUT2D eigenvalue weighted by Crippen LogP contribution is 2.40. The fourth-order valence-corrected chi connectivity index (χ4v) is 3.96. The van der Waals surface area contributed by atoms with Crippen LogP contribution in [0.5, 0.6) is 5.75 Å². The van der Waals surface area contributed by atoms with Crippen LogP contribution in [0.1, 0.15) is 36.4 Å². The van der Waals surface area contributed by atoms with Crippen LogP contribution in [0.3, 0.4) is 0 Å². The molecule has 8 heteroatoms. The SMILES string of the molecule is COc1cccc2c1NC(=O)CC2C(=O)Nc1c(N2CCCC2)nn(C)c1C. The molecular weight excluding hydrogens is 358 g/mol. The van der Waals surface area contributed by atoms with Crippen LogP contribution in [0.15, 0.2) is 18.2 Å². The zero-order valence-electron chi connectivity index (χ0n) is 16.4. The number of carbonyl (C=O) groups is 2. The summed E-state index contributed by atoms with van der Waals surface area (Å²) in [6.45, 7) is 3.81. The molecule has 1 atom stereocenters. The van der Waals surface area contributed by atoms with Gasteiger partial charge in [0.05, 0.1) is 24.4 Å². The van der Waals surface area contributed by atoms with Gasteiger partial charge in [0, 0.05) is 26.6 Å². The Morgan fingerprint density at radius 3 is 2.79 bits per heavy atom. The fourth-order valence-electron chi connectivity index (χ4n) is 3.96. The molecule has 3 heterocycles. The number of nitrogens with zero attached hydrogens (tertiary/aromatic N) is 3. The smallest absolute Gasteiger partial charge is 0.232 e. The Hall–Kier alpha value is -3.03. The number of rotatable bonds is 4. The summed E-state index contributed by atoms with van der Waals surface area (Å²) in [5.74, 6) is 0.376. The van der Waals surface area contributed by atoms with Crippen LogP contribution in [0, 0.1) is 6.92 Å². The molecule has 0 spiro atoms. The number of nitrogens with one attached hydrogen (secondary N) is 2. The molecule has 1 unspecified atom stereocenters. The van der Waals surface area contributed by atoms with Gasteiger partial charge < -0.3 is 20.3 Å². The number of anilines is 3. The number of amides is 2. The van der Waals surface area contributed by atoms with E-state index in [4.69, 9.17) is 4.74 Å². The fraction of sp³-hybridized carbons (Fsp3) is 0.450. The average molecular weight is 383 g/mol. The zero-order chi connectivity index (χ0) is 19.8. The molecule has 4 rings (SSSR count). The molecule has 0 radical (unpaired) electrons. The summed E-state index contributed by atoms with van der Waals surface area (Å²) in [6, 6.07) is 5.47. The van der Waals surface area contributed by atoms with Gasteiger partial charge in [-0.15, -0.1) is 0 Å². The van der Waals surface area contributed by atoms with E-state index in [2.05, 4.69) is 20.6 Å². The molecule has 0 aliphatic carbocycles. The van der Waals surface area contributed by atoms with Crippen molar-refractivity contribution >= 4 is 29.0 Å². The normalized spacial score (nSPS) is 18.6. The topological polar surface area (TPSA) is 88.5 Å². The van der Waals surface area contributed by atoms with Crippen molar-refractivity contribution in [2.45, 2.75) is 32.1 Å². The first-order valence-electron chi connectivity index (χ1n) is 9.55. The summed E-state index contributed by atoms with van der Waals surface area (Å²) in [4.78, 5) is 27.7. The Bertz CT molecular complexity index is 930. The minimum absolute atomic E-state index is 0.102. The number of ether oxygens (including phenoxy) is 1. The molecule has 0 bridgehead atoms. The lowest BCUT2D eigenvalue weighted by atomic mass is 9.89. The number of hydrogen-bond acceptors (Lipinski definition) is 5. The second-order valence-corrected chi connectivity index (χ2v) is 7.32. The van der Waals surface area contributed by atoms with Crippen LogP contribution in [-0.2, 0) is 16.6 Å². The molecule has 2 amide bonds. The van der Waals surface area contributed by atoms with Crippen molar-refractivity contribution in [3.05, 3.63) is 29.5 Å². The average Bonchev–Trinajstić information content (AvgIpc) is 3.31. The quantitative estimate of drug-likeness (QED) is 0.846. The maximum Gasteiger partial charge on any atom is 0.232 e. The summed E-state index contributed by atoms with van der Waals surface area (Å²) in [7, 11) is 3.42. The van der Waals surface area contributed by atoms with Gasteiger partial charge in [-0.1, -0.05) is 12.1 Å². The van der Waals surface area contributed by atoms with Crippen molar-refractivity contribution in [1.29, 1.82) is 0 Å². The van der Waals surface area contributed by atoms with Gasteiger partial charge in [-0.25, -0.2) is 0 Å². The van der Waals surface area contributed by atoms with Crippen molar-refractivity contribution in [3.8, 4) is 5.75 Å². The van der Waals surface area contributed by atoms with Crippen LogP contribution in [0.25, 0.3) is 0 Å². The molecule has 1 aromatic carbocycles. The van der Waals surface area contributed by atoms with Crippen molar-refractivity contribution in [2.75, 3.05) is 35.7 Å². The lowest BCUT2D eigenvalue weighted by Crippen LogP contribution is -2.31. The van der Waals surface area contributed by atoms with E-state index < -0.39 is 5.92 Å². The van der Waals surface area contributed by atoms with Gasteiger partial charge >= 0.3 is 0 Å². The van der Waals surface area contributed by atoms with E-state index in [1.54, 1.807) is 17.9 Å².